The molecule has 6 heteroatoms. The number of anilines is 1. The van der Waals surface area contributed by atoms with Crippen LogP contribution in [-0.2, 0) is 10.2 Å². The summed E-state index contributed by atoms with van der Waals surface area (Å²) in [5.41, 5.74) is 6.78. The van der Waals surface area contributed by atoms with E-state index in [4.69, 9.17) is 0 Å². The maximum Gasteiger partial charge on any atom is 0.234 e. The first-order valence-electron chi connectivity index (χ1n) is 12.2. The molecule has 1 aliphatic rings. The lowest BCUT2D eigenvalue weighted by atomic mass is 9.86. The molecule has 1 N–H and O–H groups in total. The van der Waals surface area contributed by atoms with Crippen molar-refractivity contribution in [3.8, 4) is 11.4 Å². The summed E-state index contributed by atoms with van der Waals surface area (Å²) in [6, 6.07) is 13.3. The van der Waals surface area contributed by atoms with E-state index in [1.807, 2.05) is 13.8 Å². The van der Waals surface area contributed by atoms with Crippen LogP contribution in [0.5, 0.6) is 0 Å². The molecule has 0 atom stereocenters. The van der Waals surface area contributed by atoms with Gasteiger partial charge in [0.05, 0.1) is 5.75 Å². The second-order valence-electron chi connectivity index (χ2n) is 10.6. The Morgan fingerprint density at radius 3 is 2.24 bits per heavy atom. The molecule has 1 heterocycles. The highest BCUT2D eigenvalue weighted by molar-refractivity contribution is 7.99. The van der Waals surface area contributed by atoms with Gasteiger partial charge >= 0.3 is 0 Å². The minimum absolute atomic E-state index is 0.0166. The normalized spacial score (nSPS) is 14.5. The van der Waals surface area contributed by atoms with Crippen molar-refractivity contribution in [1.82, 2.24) is 14.8 Å². The summed E-state index contributed by atoms with van der Waals surface area (Å²) >= 11 is 1.48. The number of carbonyl (C=O) groups is 1. The summed E-state index contributed by atoms with van der Waals surface area (Å²) in [6.07, 6.45) is 4.71. The van der Waals surface area contributed by atoms with Crippen molar-refractivity contribution in [2.75, 3.05) is 11.1 Å². The number of hydrogen-bond donors (Lipinski definition) is 1. The molecule has 0 aliphatic heterocycles. The third-order valence-electron chi connectivity index (χ3n) is 6.64. The zero-order chi connectivity index (χ0) is 24.5. The number of rotatable bonds is 6. The molecule has 3 aromatic rings. The highest BCUT2D eigenvalue weighted by Gasteiger charge is 2.26. The molecule has 1 amide bonds. The lowest BCUT2D eigenvalue weighted by Crippen LogP contribution is -2.17. The zero-order valence-electron chi connectivity index (χ0n) is 21.2. The molecular formula is C28H36N4OS. The van der Waals surface area contributed by atoms with Crippen LogP contribution in [0.3, 0.4) is 0 Å². The van der Waals surface area contributed by atoms with Gasteiger partial charge in [-0.05, 0) is 55.7 Å². The average Bonchev–Trinajstić information content (AvgIpc) is 3.44. The predicted octanol–water partition coefficient (Wildman–Crippen LogP) is 7.01. The van der Waals surface area contributed by atoms with E-state index in [0.29, 0.717) is 11.8 Å². The van der Waals surface area contributed by atoms with E-state index in [0.717, 1.165) is 46.2 Å². The van der Waals surface area contributed by atoms with Crippen LogP contribution in [0.2, 0.25) is 0 Å². The Kier molecular flexibility index (Phi) is 7.17. The van der Waals surface area contributed by atoms with Crippen molar-refractivity contribution in [3.63, 3.8) is 0 Å². The Labute approximate surface area is 207 Å². The van der Waals surface area contributed by atoms with Crippen LogP contribution in [0.1, 0.15) is 74.8 Å². The number of hydrogen-bond acceptors (Lipinski definition) is 4. The molecule has 1 aliphatic carbocycles. The van der Waals surface area contributed by atoms with Gasteiger partial charge in [-0.15, -0.1) is 10.2 Å². The monoisotopic (exact) mass is 476 g/mol. The van der Waals surface area contributed by atoms with Crippen LogP contribution < -0.4 is 5.32 Å². The van der Waals surface area contributed by atoms with E-state index < -0.39 is 0 Å². The fourth-order valence-corrected chi connectivity index (χ4v) is 5.67. The maximum atomic E-state index is 12.8. The van der Waals surface area contributed by atoms with Crippen LogP contribution in [0, 0.1) is 20.8 Å². The van der Waals surface area contributed by atoms with E-state index in [9.17, 15) is 4.79 Å². The van der Waals surface area contributed by atoms with Gasteiger partial charge < -0.3 is 5.32 Å². The topological polar surface area (TPSA) is 59.8 Å². The molecular weight excluding hydrogens is 440 g/mol. The van der Waals surface area contributed by atoms with Gasteiger partial charge in [0.15, 0.2) is 11.0 Å². The molecule has 5 nitrogen and oxygen atoms in total. The summed E-state index contributed by atoms with van der Waals surface area (Å²) in [4.78, 5) is 12.8. The van der Waals surface area contributed by atoms with Gasteiger partial charge in [0, 0.05) is 17.3 Å². The van der Waals surface area contributed by atoms with Gasteiger partial charge in [0.1, 0.15) is 0 Å². The minimum Gasteiger partial charge on any atom is -0.325 e. The number of amides is 1. The van der Waals surface area contributed by atoms with Crippen molar-refractivity contribution in [2.45, 2.75) is 83.8 Å². The van der Waals surface area contributed by atoms with Crippen LogP contribution >= 0.6 is 11.8 Å². The second kappa shape index (κ2) is 9.95. The van der Waals surface area contributed by atoms with Gasteiger partial charge in [0.25, 0.3) is 0 Å². The number of carbonyl (C=O) groups excluding carboxylic acids is 1. The van der Waals surface area contributed by atoms with Crippen molar-refractivity contribution < 1.29 is 4.79 Å². The number of nitrogens with zero attached hydrogens (tertiary/aromatic N) is 3. The molecule has 34 heavy (non-hydrogen) atoms. The molecule has 1 saturated carbocycles. The van der Waals surface area contributed by atoms with E-state index in [-0.39, 0.29) is 11.3 Å². The molecule has 0 radical (unpaired) electrons. The largest absolute Gasteiger partial charge is 0.325 e. The summed E-state index contributed by atoms with van der Waals surface area (Å²) in [5, 5.41) is 13.0. The van der Waals surface area contributed by atoms with E-state index >= 15 is 0 Å². The fourth-order valence-electron chi connectivity index (χ4n) is 4.87. The Balaban J connectivity index is 1.54. The van der Waals surface area contributed by atoms with Crippen molar-refractivity contribution in [3.05, 3.63) is 58.7 Å². The zero-order valence-corrected chi connectivity index (χ0v) is 22.1. The first-order valence-corrected chi connectivity index (χ1v) is 13.2. The van der Waals surface area contributed by atoms with Crippen LogP contribution in [-0.4, -0.2) is 26.4 Å². The quantitative estimate of drug-likeness (QED) is 0.389. The van der Waals surface area contributed by atoms with Gasteiger partial charge in [-0.2, -0.15) is 0 Å². The van der Waals surface area contributed by atoms with Crippen molar-refractivity contribution in [1.29, 1.82) is 0 Å². The fraction of sp³-hybridized carbons (Fsp3) is 0.464. The summed E-state index contributed by atoms with van der Waals surface area (Å²) in [7, 11) is 0. The number of aryl methyl sites for hydroxylation is 3. The Hall–Kier alpha value is -2.60. The highest BCUT2D eigenvalue weighted by Crippen LogP contribution is 2.37. The molecule has 1 aromatic heterocycles. The number of thioether (sulfide) groups is 1. The van der Waals surface area contributed by atoms with Crippen LogP contribution in [0.4, 0.5) is 5.69 Å². The van der Waals surface area contributed by atoms with Crippen molar-refractivity contribution >= 4 is 23.4 Å². The lowest BCUT2D eigenvalue weighted by molar-refractivity contribution is -0.113. The molecule has 1 fully saturated rings. The molecule has 180 valence electrons. The number of benzene rings is 2. The van der Waals surface area contributed by atoms with Crippen molar-refractivity contribution in [2.24, 2.45) is 0 Å². The molecule has 0 bridgehead atoms. The van der Waals surface area contributed by atoms with Gasteiger partial charge in [-0.3, -0.25) is 9.36 Å². The third-order valence-corrected chi connectivity index (χ3v) is 7.58. The van der Waals surface area contributed by atoms with Gasteiger partial charge in [-0.25, -0.2) is 0 Å². The van der Waals surface area contributed by atoms with E-state index in [1.54, 1.807) is 0 Å². The average molecular weight is 477 g/mol. The Morgan fingerprint density at radius 2 is 1.65 bits per heavy atom. The minimum atomic E-state index is -0.0166. The summed E-state index contributed by atoms with van der Waals surface area (Å²) in [6.45, 7) is 12.8. The third kappa shape index (κ3) is 5.38. The Morgan fingerprint density at radius 1 is 1.03 bits per heavy atom. The summed E-state index contributed by atoms with van der Waals surface area (Å²) < 4.78 is 2.28. The van der Waals surface area contributed by atoms with Crippen LogP contribution in [0.15, 0.2) is 41.6 Å². The molecule has 0 spiro atoms. The number of aromatic nitrogens is 3. The molecule has 0 unspecified atom stereocenters. The number of nitrogens with one attached hydrogen (secondary N) is 1. The SMILES string of the molecule is Cc1cc(C)c(NC(=O)CSc2nnc(-c3ccc(C(C)(C)C)cc3)n2C2CCCC2)c(C)c1. The van der Waals surface area contributed by atoms with Crippen LogP contribution in [0.25, 0.3) is 11.4 Å². The smallest absolute Gasteiger partial charge is 0.234 e. The molecule has 2 aromatic carbocycles. The highest BCUT2D eigenvalue weighted by atomic mass is 32.2. The first-order chi connectivity index (χ1) is 16.1. The standard InChI is InChI=1S/C28H36N4OS/c1-18-15-19(2)25(20(3)16-18)29-24(33)17-34-27-31-30-26(32(27)23-9-7-8-10-23)21-11-13-22(14-12-21)28(4,5)6/h11-16,23H,7-10,17H2,1-6H3,(H,29,33). The Bertz CT molecular complexity index is 1150. The van der Waals surface area contributed by atoms with Gasteiger partial charge in [-0.1, -0.05) is 87.3 Å². The summed E-state index contributed by atoms with van der Waals surface area (Å²) in [5.74, 6) is 1.19. The predicted molar refractivity (Wildman–Crippen MR) is 142 cm³/mol. The second-order valence-corrected chi connectivity index (χ2v) is 11.5. The first kappa shape index (κ1) is 24.5. The molecule has 0 saturated heterocycles. The van der Waals surface area contributed by atoms with Gasteiger partial charge in [0.2, 0.25) is 5.91 Å². The van der Waals surface area contributed by atoms with E-state index in [2.05, 4.69) is 84.2 Å². The molecule has 4 rings (SSSR count). The van der Waals surface area contributed by atoms with E-state index in [1.165, 1.54) is 35.7 Å². The maximum absolute atomic E-state index is 12.8. The lowest BCUT2D eigenvalue weighted by Gasteiger charge is -2.20.